The van der Waals surface area contributed by atoms with Crippen LogP contribution in [-0.4, -0.2) is 42.3 Å². The summed E-state index contributed by atoms with van der Waals surface area (Å²) in [5, 5.41) is 16.5. The second-order valence-corrected chi connectivity index (χ2v) is 11.0. The molecule has 4 N–H and O–H groups in total. The quantitative estimate of drug-likeness (QED) is 0.271. The maximum atomic E-state index is 13.0. The van der Waals surface area contributed by atoms with Gasteiger partial charge in [0.05, 0.1) is 17.6 Å². The van der Waals surface area contributed by atoms with Crippen LogP contribution in [0.25, 0.3) is 5.69 Å². The normalized spacial score (nSPS) is 14.0. The van der Waals surface area contributed by atoms with Gasteiger partial charge in [-0.3, -0.25) is 15.1 Å². The van der Waals surface area contributed by atoms with Crippen molar-refractivity contribution in [1.29, 1.82) is 0 Å². The molecule has 40 heavy (non-hydrogen) atoms. The number of hydrogen-bond donors (Lipinski definition) is 4. The molecule has 0 saturated heterocycles. The Balaban J connectivity index is 1.32. The minimum atomic E-state index is -1.07. The molecule has 1 aliphatic heterocycles. The monoisotopic (exact) mass is 541 g/mol. The summed E-state index contributed by atoms with van der Waals surface area (Å²) in [5.41, 5.74) is 2.47. The van der Waals surface area contributed by atoms with Crippen LogP contribution in [-0.2, 0) is 10.2 Å². The maximum absolute atomic E-state index is 13.0. The van der Waals surface area contributed by atoms with Crippen LogP contribution < -0.4 is 26.0 Å². The Labute approximate surface area is 231 Å². The molecule has 4 heterocycles. The van der Waals surface area contributed by atoms with Crippen molar-refractivity contribution in [2.75, 3.05) is 21.3 Å². The second kappa shape index (κ2) is 9.95. The molecule has 1 aliphatic rings. The van der Waals surface area contributed by atoms with Crippen LogP contribution in [0.3, 0.4) is 0 Å². The number of nitrogens with zero attached hydrogens (tertiary/aromatic N) is 5. The largest absolute Gasteiger partial charge is 0.470 e. The van der Waals surface area contributed by atoms with Crippen molar-refractivity contribution in [2.24, 2.45) is 0 Å². The van der Waals surface area contributed by atoms with Gasteiger partial charge in [-0.05, 0) is 56.7 Å². The van der Waals surface area contributed by atoms with E-state index in [2.05, 4.69) is 57.0 Å². The third kappa shape index (κ3) is 5.41. The van der Waals surface area contributed by atoms with Gasteiger partial charge in [0.25, 0.3) is 5.91 Å². The number of nitrogens with one attached hydrogen (secondary N) is 4. The van der Waals surface area contributed by atoms with Crippen LogP contribution in [0.1, 0.15) is 45.9 Å². The summed E-state index contributed by atoms with van der Waals surface area (Å²) in [6.45, 7) is 11.4. The Bertz CT molecular complexity index is 1590. The van der Waals surface area contributed by atoms with Crippen molar-refractivity contribution >= 4 is 40.8 Å². The molecule has 1 aromatic carbocycles. The van der Waals surface area contributed by atoms with Crippen LogP contribution in [0.15, 0.2) is 55.1 Å². The molecular weight excluding hydrogens is 510 g/mol. The average Bonchev–Trinajstić information content (AvgIpc) is 3.31. The number of anilines is 5. The number of aromatic nitrogens is 5. The first-order valence-corrected chi connectivity index (χ1v) is 12.7. The molecule has 0 fully saturated rings. The lowest BCUT2D eigenvalue weighted by Gasteiger charge is -2.31. The summed E-state index contributed by atoms with van der Waals surface area (Å²) in [4.78, 5) is 37.8. The molecule has 206 valence electrons. The molecule has 0 saturated carbocycles. The fourth-order valence-corrected chi connectivity index (χ4v) is 4.01. The summed E-state index contributed by atoms with van der Waals surface area (Å²) in [5.74, 6) is 1.31. The molecule has 12 heteroatoms. The predicted octanol–water partition coefficient (Wildman–Crippen LogP) is 5.16. The summed E-state index contributed by atoms with van der Waals surface area (Å²) < 4.78 is 7.56. The van der Waals surface area contributed by atoms with Crippen LogP contribution >= 0.6 is 0 Å². The topological polar surface area (TPSA) is 148 Å². The van der Waals surface area contributed by atoms with Crippen LogP contribution in [0.2, 0.25) is 0 Å². The molecule has 0 unspecified atom stereocenters. The van der Waals surface area contributed by atoms with Gasteiger partial charge in [-0.1, -0.05) is 20.8 Å². The Morgan fingerprint density at radius 3 is 2.60 bits per heavy atom. The highest BCUT2D eigenvalue weighted by molar-refractivity contribution is 6.01. The van der Waals surface area contributed by atoms with Gasteiger partial charge in [0.1, 0.15) is 12.1 Å². The first-order valence-electron chi connectivity index (χ1n) is 12.7. The fraction of sp³-hybridized carbons (Fsp3) is 0.286. The lowest BCUT2D eigenvalue weighted by atomic mass is 9.92. The zero-order valence-corrected chi connectivity index (χ0v) is 23.2. The number of ether oxygens (including phenoxy) is 1. The van der Waals surface area contributed by atoms with E-state index in [1.807, 2.05) is 37.3 Å². The Morgan fingerprint density at radius 2 is 1.90 bits per heavy atom. The highest BCUT2D eigenvalue weighted by Gasteiger charge is 2.37. The van der Waals surface area contributed by atoms with Crippen molar-refractivity contribution in [2.45, 2.75) is 52.6 Å². The molecule has 3 amide bonds. The highest BCUT2D eigenvalue weighted by atomic mass is 16.5. The van der Waals surface area contributed by atoms with Gasteiger partial charge in [0.2, 0.25) is 5.75 Å². The number of benzene rings is 1. The van der Waals surface area contributed by atoms with Crippen LogP contribution in [0, 0.1) is 6.92 Å². The molecule has 0 bridgehead atoms. The summed E-state index contributed by atoms with van der Waals surface area (Å²) >= 11 is 0. The summed E-state index contributed by atoms with van der Waals surface area (Å²) in [7, 11) is 0. The Morgan fingerprint density at radius 1 is 1.10 bits per heavy atom. The van der Waals surface area contributed by atoms with E-state index in [4.69, 9.17) is 9.84 Å². The van der Waals surface area contributed by atoms with Crippen molar-refractivity contribution < 1.29 is 14.3 Å². The number of pyridine rings is 1. The third-order valence-corrected chi connectivity index (χ3v) is 6.29. The number of hydrogen-bond acceptors (Lipinski definition) is 8. The zero-order valence-electron chi connectivity index (χ0n) is 23.2. The predicted molar refractivity (Wildman–Crippen MR) is 153 cm³/mol. The van der Waals surface area contributed by atoms with E-state index in [1.165, 1.54) is 6.33 Å². The Hall–Kier alpha value is -5.00. The molecule has 3 aromatic heterocycles. The highest BCUT2D eigenvalue weighted by Crippen LogP contribution is 2.38. The van der Waals surface area contributed by atoms with E-state index < -0.39 is 11.6 Å². The van der Waals surface area contributed by atoms with E-state index in [0.29, 0.717) is 28.9 Å². The Kier molecular flexibility index (Phi) is 6.62. The first-order chi connectivity index (χ1) is 18.9. The minimum Gasteiger partial charge on any atom is -0.470 e. The third-order valence-electron chi connectivity index (χ3n) is 6.29. The number of urea groups is 1. The molecule has 0 spiro atoms. The van der Waals surface area contributed by atoms with Crippen molar-refractivity contribution in [3.05, 3.63) is 66.4 Å². The number of amides is 3. The van der Waals surface area contributed by atoms with E-state index >= 15 is 0 Å². The van der Waals surface area contributed by atoms with Gasteiger partial charge in [-0.2, -0.15) is 5.10 Å². The van der Waals surface area contributed by atoms with Crippen molar-refractivity contribution in [1.82, 2.24) is 24.7 Å². The number of carbonyl (C=O) groups excluding carboxylic acids is 2. The zero-order chi connectivity index (χ0) is 28.7. The van der Waals surface area contributed by atoms with Crippen molar-refractivity contribution in [3.63, 3.8) is 0 Å². The van der Waals surface area contributed by atoms with Crippen LogP contribution in [0.5, 0.6) is 5.75 Å². The van der Waals surface area contributed by atoms with E-state index in [-0.39, 0.29) is 11.3 Å². The standard InChI is InChI=1S/C28H31N9O3/c1-16-12-17(9-10-19(16)33-23-22-24(31-15-30-23)35-25(38)28(5,6)40-22)32-26(39)34-21-13-20(27(2,3)4)36-37(21)18-8-7-11-29-14-18/h7-15H,1-6H3,(H2,32,34,39)(H2,30,31,33,35,38). The smallest absolute Gasteiger partial charge is 0.324 e. The number of aryl methyl sites for hydroxylation is 1. The van der Waals surface area contributed by atoms with Gasteiger partial charge >= 0.3 is 6.03 Å². The van der Waals surface area contributed by atoms with Gasteiger partial charge in [0.15, 0.2) is 17.2 Å². The van der Waals surface area contributed by atoms with Gasteiger partial charge in [-0.15, -0.1) is 0 Å². The number of carbonyl (C=O) groups is 2. The van der Waals surface area contributed by atoms with Crippen LogP contribution in [0.4, 0.5) is 33.6 Å². The molecule has 4 aromatic rings. The molecule has 0 aliphatic carbocycles. The minimum absolute atomic E-state index is 0.213. The molecule has 12 nitrogen and oxygen atoms in total. The molecule has 0 radical (unpaired) electrons. The van der Waals surface area contributed by atoms with E-state index in [1.54, 1.807) is 37.0 Å². The van der Waals surface area contributed by atoms with Crippen molar-refractivity contribution in [3.8, 4) is 11.4 Å². The second-order valence-electron chi connectivity index (χ2n) is 11.0. The average molecular weight is 542 g/mol. The number of fused-ring (bicyclic) bond motifs is 1. The SMILES string of the molecule is Cc1cc(NC(=O)Nc2cc(C(C)(C)C)nn2-c2cccnc2)ccc1Nc1ncnc2c1OC(C)(C)C(=O)N2. The lowest BCUT2D eigenvalue weighted by molar-refractivity contribution is -0.129. The maximum Gasteiger partial charge on any atom is 0.324 e. The van der Waals surface area contributed by atoms with Gasteiger partial charge in [-0.25, -0.2) is 19.4 Å². The fourth-order valence-electron chi connectivity index (χ4n) is 4.01. The van der Waals surface area contributed by atoms with Gasteiger partial charge in [0, 0.05) is 29.1 Å². The van der Waals surface area contributed by atoms with E-state index in [9.17, 15) is 9.59 Å². The van der Waals surface area contributed by atoms with Gasteiger partial charge < -0.3 is 20.7 Å². The molecular formula is C28H31N9O3. The molecule has 5 rings (SSSR count). The number of rotatable bonds is 5. The summed E-state index contributed by atoms with van der Waals surface area (Å²) in [6, 6.07) is 10.6. The summed E-state index contributed by atoms with van der Waals surface area (Å²) in [6.07, 6.45) is 4.72. The molecule has 0 atom stereocenters. The van der Waals surface area contributed by atoms with E-state index in [0.717, 1.165) is 22.6 Å². The lowest BCUT2D eigenvalue weighted by Crippen LogP contribution is -2.46. The first kappa shape index (κ1) is 26.6.